The topological polar surface area (TPSA) is 58.6 Å². The van der Waals surface area contributed by atoms with Gasteiger partial charge in [0.25, 0.3) is 0 Å². The molecule has 0 spiro atoms. The first kappa shape index (κ1) is 16.3. The normalized spacial score (nSPS) is 14.5. The highest BCUT2D eigenvalue weighted by Gasteiger charge is 2.22. The van der Waals surface area contributed by atoms with Crippen molar-refractivity contribution in [2.75, 3.05) is 43.6 Å². The van der Waals surface area contributed by atoms with Gasteiger partial charge in [-0.15, -0.1) is 18.0 Å². The SMILES string of the molecule is C#CCOc1ccc2ncnc(N3CCN(C(=O)CCl)CC3)c2c1. The van der Waals surface area contributed by atoms with Crippen molar-refractivity contribution < 1.29 is 9.53 Å². The number of hydrogen-bond donors (Lipinski definition) is 0. The molecule has 1 aliphatic rings. The Hall–Kier alpha value is -2.52. The molecule has 1 aliphatic heterocycles. The predicted octanol–water partition coefficient (Wildman–Crippen LogP) is 1.53. The number of hydrogen-bond acceptors (Lipinski definition) is 5. The van der Waals surface area contributed by atoms with Gasteiger partial charge in [-0.05, 0) is 18.2 Å². The van der Waals surface area contributed by atoms with E-state index in [-0.39, 0.29) is 18.4 Å². The first-order chi connectivity index (χ1) is 11.7. The van der Waals surface area contributed by atoms with Crippen LogP contribution in [0.3, 0.4) is 0 Å². The Balaban J connectivity index is 1.84. The van der Waals surface area contributed by atoms with Crippen LogP contribution < -0.4 is 9.64 Å². The number of carbonyl (C=O) groups is 1. The van der Waals surface area contributed by atoms with Gasteiger partial charge in [0.05, 0.1) is 5.52 Å². The minimum atomic E-state index is -0.0335. The van der Waals surface area contributed by atoms with Crippen molar-refractivity contribution in [3.8, 4) is 18.1 Å². The smallest absolute Gasteiger partial charge is 0.237 e. The molecular formula is C17H17ClN4O2. The number of aromatic nitrogens is 2. The quantitative estimate of drug-likeness (QED) is 0.622. The van der Waals surface area contributed by atoms with Gasteiger partial charge in [-0.1, -0.05) is 5.92 Å². The van der Waals surface area contributed by atoms with Crippen LogP contribution in [0.5, 0.6) is 5.75 Å². The molecule has 7 heteroatoms. The number of nitrogens with zero attached hydrogens (tertiary/aromatic N) is 4. The molecule has 2 heterocycles. The van der Waals surface area contributed by atoms with Gasteiger partial charge in [0.2, 0.25) is 5.91 Å². The average Bonchev–Trinajstić information content (AvgIpc) is 2.65. The van der Waals surface area contributed by atoms with Crippen LogP contribution in [-0.4, -0.2) is 59.4 Å². The third-order valence-electron chi connectivity index (χ3n) is 3.95. The van der Waals surface area contributed by atoms with Crippen molar-refractivity contribution in [3.05, 3.63) is 24.5 Å². The Morgan fingerprint density at radius 2 is 2.08 bits per heavy atom. The summed E-state index contributed by atoms with van der Waals surface area (Å²) in [5.74, 6) is 3.96. The lowest BCUT2D eigenvalue weighted by Crippen LogP contribution is -2.49. The van der Waals surface area contributed by atoms with Crippen LogP contribution in [0.15, 0.2) is 24.5 Å². The second-order valence-corrected chi connectivity index (χ2v) is 5.64. The molecule has 0 unspecified atom stereocenters. The number of amides is 1. The largest absolute Gasteiger partial charge is 0.481 e. The Kier molecular flexibility index (Phi) is 5.02. The third kappa shape index (κ3) is 3.36. The van der Waals surface area contributed by atoms with E-state index in [4.69, 9.17) is 22.8 Å². The van der Waals surface area contributed by atoms with Gasteiger partial charge in [-0.2, -0.15) is 0 Å². The molecule has 0 N–H and O–H groups in total. The average molecular weight is 345 g/mol. The molecule has 0 saturated carbocycles. The molecular weight excluding hydrogens is 328 g/mol. The second kappa shape index (κ2) is 7.37. The Bertz CT molecular complexity index is 782. The molecule has 0 bridgehead atoms. The summed E-state index contributed by atoms with van der Waals surface area (Å²) in [7, 11) is 0. The van der Waals surface area contributed by atoms with Crippen LogP contribution in [0, 0.1) is 12.3 Å². The molecule has 0 atom stereocenters. The van der Waals surface area contributed by atoms with Crippen molar-refractivity contribution >= 4 is 34.2 Å². The van der Waals surface area contributed by atoms with Crippen LogP contribution in [0.1, 0.15) is 0 Å². The number of halogens is 1. The standard InChI is InChI=1S/C17H17ClN4O2/c1-2-9-24-13-3-4-15-14(10-13)17(20-12-19-15)22-7-5-21(6-8-22)16(23)11-18/h1,3-4,10,12H,5-9,11H2. The van der Waals surface area contributed by atoms with Gasteiger partial charge < -0.3 is 14.5 Å². The maximum atomic E-state index is 11.7. The number of ether oxygens (including phenoxy) is 1. The minimum Gasteiger partial charge on any atom is -0.481 e. The minimum absolute atomic E-state index is 0.0202. The number of benzene rings is 1. The van der Waals surface area contributed by atoms with Crippen LogP contribution >= 0.6 is 11.6 Å². The van der Waals surface area contributed by atoms with Crippen LogP contribution in [-0.2, 0) is 4.79 Å². The predicted molar refractivity (Wildman–Crippen MR) is 93.4 cm³/mol. The fraction of sp³-hybridized carbons (Fsp3) is 0.353. The van der Waals surface area contributed by atoms with Crippen molar-refractivity contribution in [3.63, 3.8) is 0 Å². The second-order valence-electron chi connectivity index (χ2n) is 5.37. The lowest BCUT2D eigenvalue weighted by Gasteiger charge is -2.35. The lowest BCUT2D eigenvalue weighted by atomic mass is 10.2. The summed E-state index contributed by atoms with van der Waals surface area (Å²) in [6.45, 7) is 2.87. The van der Waals surface area contributed by atoms with Crippen molar-refractivity contribution in [1.82, 2.24) is 14.9 Å². The Morgan fingerprint density at radius 1 is 1.29 bits per heavy atom. The zero-order valence-corrected chi connectivity index (χ0v) is 13.9. The van der Waals surface area contributed by atoms with E-state index in [0.29, 0.717) is 31.9 Å². The summed E-state index contributed by atoms with van der Waals surface area (Å²) in [4.78, 5) is 24.3. The molecule has 1 saturated heterocycles. The van der Waals surface area contributed by atoms with E-state index in [9.17, 15) is 4.79 Å². The van der Waals surface area contributed by atoms with Gasteiger partial charge in [0, 0.05) is 31.6 Å². The van der Waals surface area contributed by atoms with E-state index >= 15 is 0 Å². The number of terminal acetylenes is 1. The van der Waals surface area contributed by atoms with Gasteiger partial charge in [0.1, 0.15) is 30.4 Å². The molecule has 6 nitrogen and oxygen atoms in total. The molecule has 3 rings (SSSR count). The highest BCUT2D eigenvalue weighted by molar-refractivity contribution is 6.27. The fourth-order valence-corrected chi connectivity index (χ4v) is 2.91. The zero-order chi connectivity index (χ0) is 16.9. The summed E-state index contributed by atoms with van der Waals surface area (Å²) in [5, 5.41) is 0.907. The monoisotopic (exact) mass is 344 g/mol. The molecule has 1 aromatic carbocycles. The summed E-state index contributed by atoms with van der Waals surface area (Å²) in [6.07, 6.45) is 6.79. The Morgan fingerprint density at radius 3 is 2.79 bits per heavy atom. The molecule has 1 amide bonds. The maximum absolute atomic E-state index is 11.7. The molecule has 2 aromatic rings. The number of fused-ring (bicyclic) bond motifs is 1. The number of carbonyl (C=O) groups excluding carboxylic acids is 1. The Labute approximate surface area is 145 Å². The van der Waals surface area contributed by atoms with Crippen LogP contribution in [0.2, 0.25) is 0 Å². The van der Waals surface area contributed by atoms with Gasteiger partial charge >= 0.3 is 0 Å². The molecule has 1 fully saturated rings. The van der Waals surface area contributed by atoms with Crippen LogP contribution in [0.25, 0.3) is 10.9 Å². The van der Waals surface area contributed by atoms with Gasteiger partial charge in [-0.25, -0.2) is 9.97 Å². The summed E-state index contributed by atoms with van der Waals surface area (Å²) >= 11 is 5.62. The summed E-state index contributed by atoms with van der Waals surface area (Å²) < 4.78 is 5.49. The first-order valence-electron chi connectivity index (χ1n) is 7.62. The maximum Gasteiger partial charge on any atom is 0.237 e. The fourth-order valence-electron chi connectivity index (χ4n) is 2.74. The number of alkyl halides is 1. The van der Waals surface area contributed by atoms with Crippen molar-refractivity contribution in [1.29, 1.82) is 0 Å². The van der Waals surface area contributed by atoms with Crippen LogP contribution in [0.4, 0.5) is 5.82 Å². The first-order valence-corrected chi connectivity index (χ1v) is 8.16. The summed E-state index contributed by atoms with van der Waals surface area (Å²) in [5.41, 5.74) is 0.840. The van der Waals surface area contributed by atoms with E-state index < -0.39 is 0 Å². The number of rotatable bonds is 4. The van der Waals surface area contributed by atoms with Gasteiger partial charge in [0.15, 0.2) is 0 Å². The van der Waals surface area contributed by atoms with Crippen molar-refractivity contribution in [2.24, 2.45) is 0 Å². The molecule has 24 heavy (non-hydrogen) atoms. The van der Waals surface area contributed by atoms with Gasteiger partial charge in [-0.3, -0.25) is 4.79 Å². The molecule has 0 aliphatic carbocycles. The van der Waals surface area contributed by atoms with Crippen molar-refractivity contribution in [2.45, 2.75) is 0 Å². The summed E-state index contributed by atoms with van der Waals surface area (Å²) in [6, 6.07) is 5.63. The molecule has 0 radical (unpaired) electrons. The zero-order valence-electron chi connectivity index (χ0n) is 13.1. The van der Waals surface area contributed by atoms with E-state index in [0.717, 1.165) is 16.7 Å². The third-order valence-corrected chi connectivity index (χ3v) is 4.18. The molecule has 1 aromatic heterocycles. The number of piperazine rings is 1. The van der Waals surface area contributed by atoms with E-state index in [1.54, 1.807) is 11.2 Å². The highest BCUT2D eigenvalue weighted by Crippen LogP contribution is 2.27. The molecule has 124 valence electrons. The number of anilines is 1. The van der Waals surface area contributed by atoms with E-state index in [1.165, 1.54) is 0 Å². The van der Waals surface area contributed by atoms with E-state index in [2.05, 4.69) is 20.8 Å². The van der Waals surface area contributed by atoms with E-state index in [1.807, 2.05) is 18.2 Å². The highest BCUT2D eigenvalue weighted by atomic mass is 35.5. The lowest BCUT2D eigenvalue weighted by molar-refractivity contribution is -0.128.